The van der Waals surface area contributed by atoms with E-state index >= 15 is 0 Å². The molecule has 2 N–H and O–H groups in total. The maximum Gasteiger partial charge on any atom is 0.214 e. The average molecular weight is 285 g/mol. The first-order valence-electron chi connectivity index (χ1n) is 6.29. The average Bonchev–Trinajstić information content (AvgIpc) is 2.71. The van der Waals surface area contributed by atoms with E-state index in [1.165, 1.54) is 4.31 Å². The van der Waals surface area contributed by atoms with E-state index in [2.05, 4.69) is 0 Å². The van der Waals surface area contributed by atoms with Gasteiger partial charge in [-0.15, -0.1) is 0 Å². The number of hydrogen-bond acceptors (Lipinski definition) is 4. The summed E-state index contributed by atoms with van der Waals surface area (Å²) in [6, 6.07) is 9.43. The first-order chi connectivity index (χ1) is 8.90. The Labute approximate surface area is 113 Å². The Balaban J connectivity index is 2.06. The Hall–Kier alpha value is -0.950. The Morgan fingerprint density at radius 1 is 1.21 bits per heavy atom. The molecule has 1 aliphatic heterocycles. The van der Waals surface area contributed by atoms with Gasteiger partial charge in [-0.05, 0) is 11.5 Å². The summed E-state index contributed by atoms with van der Waals surface area (Å²) < 4.78 is 25.6. The lowest BCUT2D eigenvalue weighted by atomic mass is 10.0. The number of β-amino-alcohol motifs (C(OH)–C–C–N with tert-alkyl or cyclic N) is 2. The van der Waals surface area contributed by atoms with Crippen LogP contribution in [0.2, 0.25) is 0 Å². The van der Waals surface area contributed by atoms with E-state index in [0.29, 0.717) is 0 Å². The Kier molecular flexibility index (Phi) is 4.25. The second-order valence-corrected chi connectivity index (χ2v) is 7.06. The van der Waals surface area contributed by atoms with Crippen molar-refractivity contribution in [2.24, 2.45) is 0 Å². The molecule has 1 saturated heterocycles. The van der Waals surface area contributed by atoms with Crippen LogP contribution in [0, 0.1) is 0 Å². The second-order valence-electron chi connectivity index (χ2n) is 5.04. The summed E-state index contributed by atoms with van der Waals surface area (Å²) in [7, 11) is -3.46. The van der Waals surface area contributed by atoms with Crippen molar-refractivity contribution in [3.8, 4) is 0 Å². The van der Waals surface area contributed by atoms with E-state index in [9.17, 15) is 18.6 Å². The summed E-state index contributed by atoms with van der Waals surface area (Å²) in [4.78, 5) is 0. The van der Waals surface area contributed by atoms with Gasteiger partial charge < -0.3 is 10.2 Å². The van der Waals surface area contributed by atoms with Crippen molar-refractivity contribution in [1.82, 2.24) is 4.31 Å². The van der Waals surface area contributed by atoms with Crippen LogP contribution in [-0.2, 0) is 10.0 Å². The number of sulfonamides is 1. The largest absolute Gasteiger partial charge is 0.389 e. The van der Waals surface area contributed by atoms with E-state index in [1.54, 1.807) is 0 Å². The fourth-order valence-electron chi connectivity index (χ4n) is 2.26. The molecule has 1 aromatic rings. The van der Waals surface area contributed by atoms with Crippen molar-refractivity contribution in [2.45, 2.75) is 25.0 Å². The summed E-state index contributed by atoms with van der Waals surface area (Å²) in [5, 5.41) is 18.9. The minimum atomic E-state index is -3.46. The molecule has 0 bridgehead atoms. The first kappa shape index (κ1) is 14.5. The van der Waals surface area contributed by atoms with Crippen LogP contribution >= 0.6 is 0 Å². The van der Waals surface area contributed by atoms with Crippen LogP contribution in [0.1, 0.15) is 18.4 Å². The number of aliphatic hydroxyl groups is 2. The van der Waals surface area contributed by atoms with E-state index in [-0.39, 0.29) is 24.8 Å². The highest BCUT2D eigenvalue weighted by molar-refractivity contribution is 7.89. The fraction of sp³-hybridized carbons (Fsp3) is 0.538. The molecule has 1 fully saturated rings. The molecule has 1 aromatic carbocycles. The van der Waals surface area contributed by atoms with Crippen LogP contribution in [0.25, 0.3) is 0 Å². The lowest BCUT2D eigenvalue weighted by Crippen LogP contribution is -2.33. The second kappa shape index (κ2) is 5.58. The molecule has 3 atom stereocenters. The molecule has 1 heterocycles. The van der Waals surface area contributed by atoms with Gasteiger partial charge in [-0.1, -0.05) is 37.3 Å². The van der Waals surface area contributed by atoms with Crippen molar-refractivity contribution in [3.63, 3.8) is 0 Å². The predicted octanol–water partition coefficient (Wildman–Crippen LogP) is 0.157. The topological polar surface area (TPSA) is 77.8 Å². The summed E-state index contributed by atoms with van der Waals surface area (Å²) in [6.45, 7) is 1.81. The highest BCUT2D eigenvalue weighted by atomic mass is 32.2. The molecule has 0 amide bonds. The van der Waals surface area contributed by atoms with Crippen molar-refractivity contribution >= 4 is 10.0 Å². The molecule has 106 valence electrons. The third kappa shape index (κ3) is 3.33. The molecule has 2 rings (SSSR count). The van der Waals surface area contributed by atoms with Gasteiger partial charge in [-0.25, -0.2) is 8.42 Å². The summed E-state index contributed by atoms with van der Waals surface area (Å²) in [6.07, 6.45) is -1.97. The molecule has 1 aliphatic rings. The molecule has 0 spiro atoms. The molecular weight excluding hydrogens is 266 g/mol. The molecule has 19 heavy (non-hydrogen) atoms. The molecule has 0 aliphatic carbocycles. The smallest absolute Gasteiger partial charge is 0.214 e. The highest BCUT2D eigenvalue weighted by Crippen LogP contribution is 2.21. The maximum absolute atomic E-state index is 12.2. The van der Waals surface area contributed by atoms with Crippen LogP contribution in [-0.4, -0.2) is 54.0 Å². The maximum atomic E-state index is 12.2. The monoisotopic (exact) mass is 285 g/mol. The van der Waals surface area contributed by atoms with Crippen molar-refractivity contribution in [1.29, 1.82) is 0 Å². The van der Waals surface area contributed by atoms with Crippen molar-refractivity contribution in [3.05, 3.63) is 35.9 Å². The van der Waals surface area contributed by atoms with Gasteiger partial charge in [0.05, 0.1) is 18.0 Å². The van der Waals surface area contributed by atoms with Crippen molar-refractivity contribution < 1.29 is 18.6 Å². The van der Waals surface area contributed by atoms with Gasteiger partial charge >= 0.3 is 0 Å². The van der Waals surface area contributed by atoms with Gasteiger partial charge in [0.1, 0.15) is 0 Å². The van der Waals surface area contributed by atoms with Gasteiger partial charge in [-0.2, -0.15) is 4.31 Å². The number of nitrogens with zero attached hydrogens (tertiary/aromatic N) is 1. The van der Waals surface area contributed by atoms with Crippen molar-refractivity contribution in [2.75, 3.05) is 18.8 Å². The standard InChI is InChI=1S/C13H19NO4S/c1-10(11-5-3-2-4-6-11)9-19(17,18)14-7-12(15)13(16)8-14/h2-6,10,12-13,15-16H,7-9H2,1H3/t10?,12-,13+. The normalized spacial score (nSPS) is 26.5. The molecule has 5 nitrogen and oxygen atoms in total. The van der Waals surface area contributed by atoms with E-state index < -0.39 is 22.2 Å². The molecule has 6 heteroatoms. The predicted molar refractivity (Wildman–Crippen MR) is 72.2 cm³/mol. The quantitative estimate of drug-likeness (QED) is 0.826. The third-order valence-electron chi connectivity index (χ3n) is 3.45. The highest BCUT2D eigenvalue weighted by Gasteiger charge is 2.37. The zero-order valence-corrected chi connectivity index (χ0v) is 11.6. The van der Waals surface area contributed by atoms with Crippen LogP contribution in [0.15, 0.2) is 30.3 Å². The van der Waals surface area contributed by atoms with Gasteiger partial charge in [0.15, 0.2) is 0 Å². The van der Waals surface area contributed by atoms with E-state index in [0.717, 1.165) is 5.56 Å². The van der Waals surface area contributed by atoms with Gasteiger partial charge in [-0.3, -0.25) is 0 Å². The fourth-order valence-corrected chi connectivity index (χ4v) is 4.06. The lowest BCUT2D eigenvalue weighted by molar-refractivity contribution is 0.0572. The summed E-state index contributed by atoms with van der Waals surface area (Å²) in [5.74, 6) is -0.141. The van der Waals surface area contributed by atoms with Gasteiger partial charge in [0.25, 0.3) is 0 Å². The SMILES string of the molecule is CC(CS(=O)(=O)N1C[C@@H](O)[C@@H](O)C1)c1ccccc1. The van der Waals surface area contributed by atoms with E-state index in [1.807, 2.05) is 37.3 Å². The molecule has 0 aromatic heterocycles. The Morgan fingerprint density at radius 2 is 1.74 bits per heavy atom. The number of rotatable bonds is 4. The van der Waals surface area contributed by atoms with Crippen LogP contribution in [0.4, 0.5) is 0 Å². The Morgan fingerprint density at radius 3 is 2.26 bits per heavy atom. The van der Waals surface area contributed by atoms with E-state index in [4.69, 9.17) is 0 Å². The first-order valence-corrected chi connectivity index (χ1v) is 7.90. The summed E-state index contributed by atoms with van der Waals surface area (Å²) in [5.41, 5.74) is 0.964. The minimum absolute atomic E-state index is 0.0174. The Bertz CT molecular complexity index is 507. The molecular formula is C13H19NO4S. The number of hydrogen-bond donors (Lipinski definition) is 2. The molecule has 1 unspecified atom stereocenters. The minimum Gasteiger partial charge on any atom is -0.389 e. The summed E-state index contributed by atoms with van der Waals surface area (Å²) >= 11 is 0. The zero-order chi connectivity index (χ0) is 14.0. The zero-order valence-electron chi connectivity index (χ0n) is 10.8. The number of benzene rings is 1. The van der Waals surface area contributed by atoms with Crippen LogP contribution < -0.4 is 0 Å². The molecule has 0 saturated carbocycles. The van der Waals surface area contributed by atoms with Gasteiger partial charge in [0, 0.05) is 13.1 Å². The lowest BCUT2D eigenvalue weighted by Gasteiger charge is -2.19. The third-order valence-corrected chi connectivity index (χ3v) is 5.45. The molecule has 0 radical (unpaired) electrons. The van der Waals surface area contributed by atoms with Gasteiger partial charge in [0.2, 0.25) is 10.0 Å². The van der Waals surface area contributed by atoms with Crippen LogP contribution in [0.3, 0.4) is 0 Å². The van der Waals surface area contributed by atoms with Crippen LogP contribution in [0.5, 0.6) is 0 Å². The number of aliphatic hydroxyl groups excluding tert-OH is 2.